The number of nitrogens with two attached hydrogens (primary N) is 1. The Balaban J connectivity index is 1.84. The molecule has 2 fully saturated rings. The maximum atomic E-state index is 6.03. The van der Waals surface area contributed by atoms with Gasteiger partial charge in [-0.2, -0.15) is 0 Å². The molecule has 1 unspecified atom stereocenters. The van der Waals surface area contributed by atoms with Gasteiger partial charge in [-0.1, -0.05) is 12.8 Å². The largest absolute Gasteiger partial charge is 0.379 e. The fraction of sp³-hybridized carbons (Fsp3) is 0.909. The molecule has 1 spiro atoms. The van der Waals surface area contributed by atoms with E-state index in [9.17, 15) is 0 Å². The third kappa shape index (κ3) is 1.34. The van der Waals surface area contributed by atoms with Crippen LogP contribution in [0.2, 0.25) is 0 Å². The number of nitrogens with zero attached hydrogens (tertiary/aromatic N) is 2. The Labute approximate surface area is 90.5 Å². The van der Waals surface area contributed by atoms with Crippen LogP contribution in [0.25, 0.3) is 0 Å². The highest BCUT2D eigenvalue weighted by molar-refractivity contribution is 5.81. The zero-order chi connectivity index (χ0) is 10.3. The molecular weight excluding hydrogens is 190 g/mol. The van der Waals surface area contributed by atoms with Crippen LogP contribution in [0.5, 0.6) is 0 Å². The Morgan fingerprint density at radius 2 is 2.20 bits per heavy atom. The number of aliphatic imine (C=N–C) groups is 1. The van der Waals surface area contributed by atoms with Crippen LogP contribution >= 0.6 is 0 Å². The molecule has 3 aliphatic rings. The molecule has 1 atom stereocenters. The summed E-state index contributed by atoms with van der Waals surface area (Å²) in [4.78, 5) is 6.82. The van der Waals surface area contributed by atoms with Gasteiger partial charge in [-0.15, -0.1) is 0 Å². The van der Waals surface area contributed by atoms with Crippen molar-refractivity contribution >= 4 is 5.96 Å². The van der Waals surface area contributed by atoms with Gasteiger partial charge in [0.2, 0.25) is 0 Å². The smallest absolute Gasteiger partial charge is 0.192 e. The van der Waals surface area contributed by atoms with Crippen LogP contribution in [-0.2, 0) is 4.74 Å². The van der Waals surface area contributed by atoms with Crippen molar-refractivity contribution in [3.8, 4) is 0 Å². The zero-order valence-electron chi connectivity index (χ0n) is 9.11. The quantitative estimate of drug-likeness (QED) is 0.692. The van der Waals surface area contributed by atoms with E-state index in [4.69, 9.17) is 10.5 Å². The summed E-state index contributed by atoms with van der Waals surface area (Å²) in [5, 5.41) is 0. The second-order valence-electron chi connectivity index (χ2n) is 5.01. The number of guanidine groups is 1. The van der Waals surface area contributed by atoms with Crippen LogP contribution < -0.4 is 5.73 Å². The fourth-order valence-electron chi connectivity index (χ4n) is 3.27. The second-order valence-corrected chi connectivity index (χ2v) is 5.01. The molecule has 0 bridgehead atoms. The standard InChI is InChI=1S/C11H19N3O/c12-10-13-7-11(5-6-15-8-11)14(10)9-3-1-2-4-9/h9H,1-8H2,(H2,12,13). The van der Waals surface area contributed by atoms with E-state index in [1.807, 2.05) is 0 Å². The lowest BCUT2D eigenvalue weighted by molar-refractivity contribution is 0.110. The lowest BCUT2D eigenvalue weighted by atomic mass is 9.95. The number of hydrogen-bond donors (Lipinski definition) is 1. The van der Waals surface area contributed by atoms with E-state index < -0.39 is 0 Å². The maximum Gasteiger partial charge on any atom is 0.192 e. The van der Waals surface area contributed by atoms with E-state index in [0.29, 0.717) is 6.04 Å². The Bertz CT molecular complexity index is 278. The van der Waals surface area contributed by atoms with Crippen molar-refractivity contribution in [2.45, 2.75) is 43.7 Å². The van der Waals surface area contributed by atoms with Gasteiger partial charge in [-0.05, 0) is 19.3 Å². The first kappa shape index (κ1) is 9.46. The van der Waals surface area contributed by atoms with E-state index in [0.717, 1.165) is 32.1 Å². The van der Waals surface area contributed by atoms with Crippen molar-refractivity contribution in [3.63, 3.8) is 0 Å². The highest BCUT2D eigenvalue weighted by atomic mass is 16.5. The van der Waals surface area contributed by atoms with Gasteiger partial charge in [0.05, 0.1) is 18.7 Å². The molecule has 4 heteroatoms. The minimum atomic E-state index is 0.124. The topological polar surface area (TPSA) is 50.9 Å². The van der Waals surface area contributed by atoms with Crippen LogP contribution in [0.4, 0.5) is 0 Å². The van der Waals surface area contributed by atoms with Gasteiger partial charge in [-0.25, -0.2) is 0 Å². The van der Waals surface area contributed by atoms with Crippen LogP contribution in [-0.4, -0.2) is 42.2 Å². The summed E-state index contributed by atoms with van der Waals surface area (Å²) in [5.74, 6) is 0.757. The van der Waals surface area contributed by atoms with Gasteiger partial charge in [0.25, 0.3) is 0 Å². The molecule has 2 aliphatic heterocycles. The van der Waals surface area contributed by atoms with Crippen LogP contribution in [0.3, 0.4) is 0 Å². The van der Waals surface area contributed by atoms with Crippen LogP contribution in [0.15, 0.2) is 4.99 Å². The molecule has 1 aliphatic carbocycles. The SMILES string of the molecule is NC1=NCC2(CCOC2)N1C1CCCC1. The van der Waals surface area contributed by atoms with E-state index in [-0.39, 0.29) is 5.54 Å². The Hall–Kier alpha value is -0.770. The Kier molecular flexibility index (Phi) is 2.12. The Morgan fingerprint density at radius 3 is 2.87 bits per heavy atom. The van der Waals surface area contributed by atoms with E-state index in [1.54, 1.807) is 0 Å². The van der Waals surface area contributed by atoms with Crippen molar-refractivity contribution in [1.29, 1.82) is 0 Å². The average Bonchev–Trinajstić information content (AvgIpc) is 2.90. The second kappa shape index (κ2) is 3.37. The van der Waals surface area contributed by atoms with E-state index in [1.165, 1.54) is 25.7 Å². The van der Waals surface area contributed by atoms with Gasteiger partial charge in [0.1, 0.15) is 0 Å². The molecule has 3 rings (SSSR count). The first-order valence-electron chi connectivity index (χ1n) is 5.99. The lowest BCUT2D eigenvalue weighted by Gasteiger charge is -2.39. The molecule has 0 aromatic heterocycles. The summed E-state index contributed by atoms with van der Waals surface area (Å²) in [6, 6.07) is 0.623. The van der Waals surface area contributed by atoms with E-state index in [2.05, 4.69) is 9.89 Å². The predicted octanol–water partition coefficient (Wildman–Crippen LogP) is 0.718. The molecule has 15 heavy (non-hydrogen) atoms. The summed E-state index contributed by atoms with van der Waals surface area (Å²) in [5.41, 5.74) is 6.16. The minimum Gasteiger partial charge on any atom is -0.379 e. The molecule has 0 aromatic rings. The molecule has 0 radical (unpaired) electrons. The van der Waals surface area contributed by atoms with Crippen LogP contribution in [0, 0.1) is 0 Å². The maximum absolute atomic E-state index is 6.03. The van der Waals surface area contributed by atoms with Gasteiger partial charge < -0.3 is 15.4 Å². The summed E-state index contributed by atoms with van der Waals surface area (Å²) in [6.45, 7) is 2.52. The molecule has 2 heterocycles. The summed E-state index contributed by atoms with van der Waals surface area (Å²) >= 11 is 0. The van der Waals surface area contributed by atoms with Crippen molar-refractivity contribution in [2.24, 2.45) is 10.7 Å². The highest BCUT2D eigenvalue weighted by Crippen LogP contribution is 2.36. The molecule has 0 amide bonds. The molecule has 2 N–H and O–H groups in total. The first-order valence-corrected chi connectivity index (χ1v) is 5.99. The van der Waals surface area contributed by atoms with Gasteiger partial charge in [-0.3, -0.25) is 4.99 Å². The summed E-state index contributed by atoms with van der Waals surface area (Å²) in [6.07, 6.45) is 6.32. The first-order chi connectivity index (χ1) is 7.32. The third-order valence-corrected chi connectivity index (χ3v) is 4.07. The normalized spacial score (nSPS) is 36.8. The number of rotatable bonds is 1. The summed E-state index contributed by atoms with van der Waals surface area (Å²) in [7, 11) is 0. The van der Waals surface area contributed by atoms with Gasteiger partial charge in [0, 0.05) is 12.6 Å². The van der Waals surface area contributed by atoms with Crippen molar-refractivity contribution in [3.05, 3.63) is 0 Å². The molecule has 1 saturated heterocycles. The molecule has 0 aromatic carbocycles. The van der Waals surface area contributed by atoms with Gasteiger partial charge in [0.15, 0.2) is 5.96 Å². The Morgan fingerprint density at radius 1 is 1.40 bits per heavy atom. The van der Waals surface area contributed by atoms with Crippen molar-refractivity contribution < 1.29 is 4.74 Å². The van der Waals surface area contributed by atoms with Crippen LogP contribution in [0.1, 0.15) is 32.1 Å². The predicted molar refractivity (Wildman–Crippen MR) is 58.8 cm³/mol. The van der Waals surface area contributed by atoms with E-state index >= 15 is 0 Å². The summed E-state index contributed by atoms with van der Waals surface area (Å²) < 4.78 is 5.55. The minimum absolute atomic E-state index is 0.124. The third-order valence-electron chi connectivity index (χ3n) is 4.07. The fourth-order valence-corrected chi connectivity index (χ4v) is 3.27. The average molecular weight is 209 g/mol. The number of hydrogen-bond acceptors (Lipinski definition) is 4. The van der Waals surface area contributed by atoms with Crippen molar-refractivity contribution in [1.82, 2.24) is 4.90 Å². The van der Waals surface area contributed by atoms with Crippen molar-refractivity contribution in [2.75, 3.05) is 19.8 Å². The number of ether oxygens (including phenoxy) is 1. The van der Waals surface area contributed by atoms with Gasteiger partial charge >= 0.3 is 0 Å². The molecule has 84 valence electrons. The molecule has 4 nitrogen and oxygen atoms in total. The highest BCUT2D eigenvalue weighted by Gasteiger charge is 2.48. The molecule has 1 saturated carbocycles. The molecular formula is C11H19N3O. The monoisotopic (exact) mass is 209 g/mol. The lowest BCUT2D eigenvalue weighted by Crippen LogP contribution is -2.56. The zero-order valence-corrected chi connectivity index (χ0v) is 9.11.